The summed E-state index contributed by atoms with van der Waals surface area (Å²) in [5.74, 6) is 0. The molecule has 0 saturated carbocycles. The molecule has 0 bridgehead atoms. The maximum Gasteiger partial charge on any atom is 0.0540 e. The molecule has 0 aromatic heterocycles. The highest BCUT2D eigenvalue weighted by atomic mass is 16.3. The van der Waals surface area contributed by atoms with Crippen LogP contribution < -0.4 is 0 Å². The summed E-state index contributed by atoms with van der Waals surface area (Å²) in [4.78, 5) is 0. The Morgan fingerprint density at radius 3 is 1.13 bits per heavy atom. The summed E-state index contributed by atoms with van der Waals surface area (Å²) in [6.45, 7) is 0. The molecule has 0 saturated heterocycles. The summed E-state index contributed by atoms with van der Waals surface area (Å²) in [7, 11) is 0. The molecular weight excluding hydrogens is 280 g/mol. The smallest absolute Gasteiger partial charge is 0.0540 e. The van der Waals surface area contributed by atoms with E-state index in [9.17, 15) is 5.11 Å². The Balaban J connectivity index is 2.12. The van der Waals surface area contributed by atoms with Crippen molar-refractivity contribution in [3.63, 3.8) is 0 Å². The summed E-state index contributed by atoms with van der Waals surface area (Å²) in [6, 6.07) is 0. The first-order chi connectivity index (χ1) is 11.4. The van der Waals surface area contributed by atoms with Crippen LogP contribution in [0.15, 0.2) is 12.2 Å². The molecule has 1 aliphatic rings. The number of hydrogen-bond acceptors (Lipinski definition) is 1. The molecule has 23 heavy (non-hydrogen) atoms. The third-order valence-corrected chi connectivity index (χ3v) is 5.23. The summed E-state index contributed by atoms with van der Waals surface area (Å²) < 4.78 is 0. The van der Waals surface area contributed by atoms with Crippen molar-refractivity contribution < 1.29 is 5.11 Å². The molecule has 1 rings (SSSR count). The average Bonchev–Trinajstić information content (AvgIpc) is 2.55. The monoisotopic (exact) mass is 322 g/mol. The van der Waals surface area contributed by atoms with Crippen molar-refractivity contribution in [2.24, 2.45) is 0 Å². The van der Waals surface area contributed by atoms with Gasteiger partial charge in [0.1, 0.15) is 0 Å². The average molecular weight is 323 g/mol. The fourth-order valence-electron chi connectivity index (χ4n) is 3.61. The van der Waals surface area contributed by atoms with Gasteiger partial charge in [-0.05, 0) is 38.5 Å². The minimum atomic E-state index is -0.0281. The second-order valence-corrected chi connectivity index (χ2v) is 7.58. The van der Waals surface area contributed by atoms with Crippen molar-refractivity contribution in [2.45, 2.75) is 128 Å². The lowest BCUT2D eigenvalue weighted by molar-refractivity contribution is 0.147. The molecule has 1 heteroatoms. The van der Waals surface area contributed by atoms with E-state index in [2.05, 4.69) is 12.2 Å². The van der Waals surface area contributed by atoms with Gasteiger partial charge in [-0.2, -0.15) is 0 Å². The Morgan fingerprint density at radius 1 is 0.435 bits per heavy atom. The first-order valence-corrected chi connectivity index (χ1v) is 10.7. The van der Waals surface area contributed by atoms with Gasteiger partial charge in [0, 0.05) is 0 Å². The van der Waals surface area contributed by atoms with Crippen LogP contribution in [0.5, 0.6) is 0 Å². The molecule has 0 fully saturated rings. The molecule has 0 amide bonds. The Bertz CT molecular complexity index is 259. The van der Waals surface area contributed by atoms with E-state index in [0.717, 1.165) is 12.8 Å². The molecule has 1 atom stereocenters. The molecule has 1 nitrogen and oxygen atoms in total. The highest BCUT2D eigenvalue weighted by Crippen LogP contribution is 2.15. The number of aliphatic hydroxyl groups is 1. The van der Waals surface area contributed by atoms with Gasteiger partial charge in [-0.1, -0.05) is 95.6 Å². The maximum atomic E-state index is 10.0. The Morgan fingerprint density at radius 2 is 0.739 bits per heavy atom. The Hall–Kier alpha value is -0.300. The van der Waals surface area contributed by atoms with Crippen molar-refractivity contribution in [1.82, 2.24) is 0 Å². The van der Waals surface area contributed by atoms with Gasteiger partial charge < -0.3 is 5.11 Å². The summed E-state index contributed by atoms with van der Waals surface area (Å²) in [5, 5.41) is 10.0. The number of rotatable bonds is 0. The molecular formula is C22H42O. The van der Waals surface area contributed by atoms with E-state index in [1.54, 1.807) is 0 Å². The van der Waals surface area contributed by atoms with Gasteiger partial charge >= 0.3 is 0 Å². The van der Waals surface area contributed by atoms with Crippen molar-refractivity contribution in [3.8, 4) is 0 Å². The maximum absolute atomic E-state index is 10.0. The Labute approximate surface area is 146 Å². The lowest BCUT2D eigenvalue weighted by atomic mass is 10.0. The van der Waals surface area contributed by atoms with Crippen LogP contribution in [0.3, 0.4) is 0 Å². The minimum Gasteiger partial charge on any atom is -0.393 e. The third kappa shape index (κ3) is 15.0. The van der Waals surface area contributed by atoms with Gasteiger partial charge in [-0.3, -0.25) is 0 Å². The van der Waals surface area contributed by atoms with Crippen LogP contribution >= 0.6 is 0 Å². The predicted octanol–water partition coefficient (Wildman–Crippen LogP) is 7.33. The summed E-state index contributed by atoms with van der Waals surface area (Å²) in [6.07, 6.45) is 29.8. The van der Waals surface area contributed by atoms with E-state index in [4.69, 9.17) is 0 Å². The molecule has 0 aromatic rings. The molecule has 1 aliphatic carbocycles. The van der Waals surface area contributed by atoms with Crippen LogP contribution in [-0.4, -0.2) is 11.2 Å². The molecule has 1 unspecified atom stereocenters. The van der Waals surface area contributed by atoms with Crippen LogP contribution in [-0.2, 0) is 0 Å². The quantitative estimate of drug-likeness (QED) is 0.463. The van der Waals surface area contributed by atoms with E-state index in [1.807, 2.05) is 0 Å². The zero-order valence-electron chi connectivity index (χ0n) is 15.6. The topological polar surface area (TPSA) is 20.2 Å². The van der Waals surface area contributed by atoms with Crippen molar-refractivity contribution >= 4 is 0 Å². The highest BCUT2D eigenvalue weighted by molar-refractivity contribution is 4.81. The number of aliphatic hydroxyl groups excluding tert-OH is 1. The van der Waals surface area contributed by atoms with E-state index in [1.165, 1.54) is 109 Å². The first-order valence-electron chi connectivity index (χ1n) is 10.7. The predicted molar refractivity (Wildman–Crippen MR) is 103 cm³/mol. The van der Waals surface area contributed by atoms with Gasteiger partial charge in [-0.25, -0.2) is 0 Å². The van der Waals surface area contributed by atoms with Crippen LogP contribution in [0.2, 0.25) is 0 Å². The first kappa shape index (κ1) is 20.7. The van der Waals surface area contributed by atoms with Crippen LogP contribution in [0.4, 0.5) is 0 Å². The van der Waals surface area contributed by atoms with Crippen molar-refractivity contribution in [3.05, 3.63) is 12.2 Å². The normalized spacial score (nSPS) is 26.0. The fourth-order valence-corrected chi connectivity index (χ4v) is 3.61. The van der Waals surface area contributed by atoms with Gasteiger partial charge in [0.25, 0.3) is 0 Å². The fraction of sp³-hybridized carbons (Fsp3) is 0.909. The summed E-state index contributed by atoms with van der Waals surface area (Å²) >= 11 is 0. The second kappa shape index (κ2) is 16.6. The third-order valence-electron chi connectivity index (χ3n) is 5.23. The lowest BCUT2D eigenvalue weighted by Gasteiger charge is -2.10. The van der Waals surface area contributed by atoms with Crippen LogP contribution in [0.25, 0.3) is 0 Å². The van der Waals surface area contributed by atoms with Crippen molar-refractivity contribution in [1.29, 1.82) is 0 Å². The van der Waals surface area contributed by atoms with E-state index in [-0.39, 0.29) is 6.10 Å². The van der Waals surface area contributed by atoms with Gasteiger partial charge in [0.15, 0.2) is 0 Å². The number of hydrogen-bond donors (Lipinski definition) is 1. The molecule has 136 valence electrons. The van der Waals surface area contributed by atoms with Crippen LogP contribution in [0, 0.1) is 0 Å². The molecule has 0 radical (unpaired) electrons. The lowest BCUT2D eigenvalue weighted by Crippen LogP contribution is -2.05. The summed E-state index contributed by atoms with van der Waals surface area (Å²) in [5.41, 5.74) is 0. The van der Waals surface area contributed by atoms with Gasteiger partial charge in [-0.15, -0.1) is 0 Å². The zero-order chi connectivity index (χ0) is 16.4. The second-order valence-electron chi connectivity index (χ2n) is 7.58. The van der Waals surface area contributed by atoms with Gasteiger partial charge in [0.2, 0.25) is 0 Å². The molecule has 0 aliphatic heterocycles. The van der Waals surface area contributed by atoms with E-state index >= 15 is 0 Å². The number of allylic oxidation sites excluding steroid dienone is 2. The molecule has 0 spiro atoms. The van der Waals surface area contributed by atoms with E-state index < -0.39 is 0 Å². The molecule has 1 N–H and O–H groups in total. The standard InChI is InChI=1S/C22H42O/c23-22-20-18-16-14-12-10-8-6-4-2-1-3-5-7-9-11-13-15-17-19-21-22/h1-2,22-23H,3-21H2. The van der Waals surface area contributed by atoms with E-state index in [0.29, 0.717) is 0 Å². The molecule has 0 aromatic carbocycles. The Kier molecular flexibility index (Phi) is 14.9. The van der Waals surface area contributed by atoms with Crippen LogP contribution in [0.1, 0.15) is 122 Å². The minimum absolute atomic E-state index is 0.0281. The highest BCUT2D eigenvalue weighted by Gasteiger charge is 2.03. The van der Waals surface area contributed by atoms with Gasteiger partial charge in [0.05, 0.1) is 6.10 Å². The largest absolute Gasteiger partial charge is 0.393 e. The molecule has 0 heterocycles. The van der Waals surface area contributed by atoms with Crippen molar-refractivity contribution in [2.75, 3.05) is 0 Å². The SMILES string of the molecule is OC1CCCCCCCCCC=CCCCCCCCCCC1. The zero-order valence-corrected chi connectivity index (χ0v) is 15.6.